The van der Waals surface area contributed by atoms with Gasteiger partial charge in [0.15, 0.2) is 0 Å². The molecule has 2 atom stereocenters. The molecule has 0 aromatic heterocycles. The van der Waals surface area contributed by atoms with Gasteiger partial charge in [0.1, 0.15) is 5.75 Å². The molecule has 3 heteroatoms. The summed E-state index contributed by atoms with van der Waals surface area (Å²) < 4.78 is 5.44. The fourth-order valence-corrected chi connectivity index (χ4v) is 2.22. The van der Waals surface area contributed by atoms with E-state index >= 15 is 0 Å². The Labute approximate surface area is 117 Å². The van der Waals surface area contributed by atoms with Crippen molar-refractivity contribution in [3.8, 4) is 5.75 Å². The molecule has 0 saturated heterocycles. The van der Waals surface area contributed by atoms with Gasteiger partial charge in [-0.3, -0.25) is 0 Å². The summed E-state index contributed by atoms with van der Waals surface area (Å²) in [5, 5.41) is 3.57. The number of hydrogen-bond donors (Lipinski definition) is 2. The first-order valence-corrected chi connectivity index (χ1v) is 7.07. The van der Waals surface area contributed by atoms with Gasteiger partial charge < -0.3 is 15.8 Å². The first kappa shape index (κ1) is 16.0. The highest BCUT2D eigenvalue weighted by Crippen LogP contribution is 2.26. The van der Waals surface area contributed by atoms with E-state index in [1.54, 1.807) is 7.11 Å². The molecule has 0 heterocycles. The highest BCUT2D eigenvalue weighted by Gasteiger charge is 2.15. The van der Waals surface area contributed by atoms with Crippen LogP contribution in [0.3, 0.4) is 0 Å². The Hall–Kier alpha value is -1.06. The van der Waals surface area contributed by atoms with Gasteiger partial charge in [0.2, 0.25) is 0 Å². The van der Waals surface area contributed by atoms with Crippen molar-refractivity contribution in [1.82, 2.24) is 5.32 Å². The number of rotatable bonds is 7. The Morgan fingerprint density at radius 2 is 1.95 bits per heavy atom. The average Bonchev–Trinajstić information content (AvgIpc) is 2.38. The second-order valence-corrected chi connectivity index (χ2v) is 5.62. The molecule has 0 fully saturated rings. The van der Waals surface area contributed by atoms with Crippen molar-refractivity contribution < 1.29 is 4.74 Å². The van der Waals surface area contributed by atoms with Gasteiger partial charge in [-0.1, -0.05) is 31.5 Å². The van der Waals surface area contributed by atoms with Crippen molar-refractivity contribution in [1.29, 1.82) is 0 Å². The summed E-state index contributed by atoms with van der Waals surface area (Å²) in [7, 11) is 1.72. The number of nitrogens with two attached hydrogens (primary N) is 1. The summed E-state index contributed by atoms with van der Waals surface area (Å²) in [6.07, 6.45) is 0. The number of benzene rings is 1. The monoisotopic (exact) mass is 264 g/mol. The van der Waals surface area contributed by atoms with Crippen LogP contribution in [-0.4, -0.2) is 20.2 Å². The fourth-order valence-electron chi connectivity index (χ4n) is 2.22. The molecule has 3 nitrogen and oxygen atoms in total. The lowest BCUT2D eigenvalue weighted by Crippen LogP contribution is -2.33. The van der Waals surface area contributed by atoms with E-state index in [2.05, 4.69) is 45.1 Å². The number of hydrogen-bond acceptors (Lipinski definition) is 3. The highest BCUT2D eigenvalue weighted by molar-refractivity contribution is 5.38. The number of methoxy groups -OCH3 is 1. The Balaban J connectivity index is 2.72. The molecule has 3 N–H and O–H groups in total. The van der Waals surface area contributed by atoms with Gasteiger partial charge in [-0.25, -0.2) is 0 Å². The molecule has 1 rings (SSSR count). The van der Waals surface area contributed by atoms with Crippen molar-refractivity contribution >= 4 is 0 Å². The maximum Gasteiger partial charge on any atom is 0.123 e. The Kier molecular flexibility index (Phi) is 6.32. The van der Waals surface area contributed by atoms with Gasteiger partial charge in [-0.2, -0.15) is 0 Å². The summed E-state index contributed by atoms with van der Waals surface area (Å²) in [5.41, 5.74) is 8.28. The molecule has 0 aliphatic heterocycles. The number of nitrogens with one attached hydrogen (secondary N) is 1. The van der Waals surface area contributed by atoms with Crippen molar-refractivity contribution in [2.24, 2.45) is 17.6 Å². The zero-order valence-electron chi connectivity index (χ0n) is 12.9. The molecule has 19 heavy (non-hydrogen) atoms. The normalized spacial score (nSPS) is 14.5. The first-order valence-electron chi connectivity index (χ1n) is 7.07. The molecular weight excluding hydrogens is 236 g/mol. The minimum atomic E-state index is 0.266. The van der Waals surface area contributed by atoms with E-state index in [0.29, 0.717) is 11.8 Å². The third-order valence-corrected chi connectivity index (χ3v) is 3.78. The van der Waals surface area contributed by atoms with E-state index in [1.807, 2.05) is 6.07 Å². The molecule has 0 bridgehead atoms. The Morgan fingerprint density at radius 1 is 1.26 bits per heavy atom. The second kappa shape index (κ2) is 7.51. The number of aryl methyl sites for hydroxylation is 1. The lowest BCUT2D eigenvalue weighted by Gasteiger charge is -2.23. The molecule has 0 aliphatic carbocycles. The van der Waals surface area contributed by atoms with Gasteiger partial charge in [0.25, 0.3) is 0 Å². The van der Waals surface area contributed by atoms with Crippen LogP contribution in [0.1, 0.15) is 37.9 Å². The number of ether oxygens (including phenoxy) is 1. The standard InChI is InChI=1S/C16H28N2O/c1-11(2)14(9-17)10-18-13(4)15-8-12(3)6-7-16(15)19-5/h6-8,11,13-14,18H,9-10,17H2,1-5H3. The van der Waals surface area contributed by atoms with Gasteiger partial charge in [-0.15, -0.1) is 0 Å². The SMILES string of the molecule is COc1ccc(C)cc1C(C)NCC(CN)C(C)C. The zero-order valence-corrected chi connectivity index (χ0v) is 12.9. The quantitative estimate of drug-likeness (QED) is 0.796. The molecule has 1 aromatic carbocycles. The smallest absolute Gasteiger partial charge is 0.123 e. The van der Waals surface area contributed by atoms with Crippen LogP contribution in [0.15, 0.2) is 18.2 Å². The van der Waals surface area contributed by atoms with Crippen LogP contribution >= 0.6 is 0 Å². The van der Waals surface area contributed by atoms with Gasteiger partial charge in [0.05, 0.1) is 7.11 Å². The predicted octanol–water partition coefficient (Wildman–Crippen LogP) is 2.89. The first-order chi connectivity index (χ1) is 8.99. The third-order valence-electron chi connectivity index (χ3n) is 3.78. The summed E-state index contributed by atoms with van der Waals surface area (Å²) in [6.45, 7) is 10.4. The Bertz CT molecular complexity index is 390. The molecule has 1 aromatic rings. The molecule has 0 aliphatic rings. The lowest BCUT2D eigenvalue weighted by molar-refractivity contribution is 0.350. The van der Waals surface area contributed by atoms with E-state index in [4.69, 9.17) is 10.5 Å². The topological polar surface area (TPSA) is 47.3 Å². The Morgan fingerprint density at radius 3 is 2.47 bits per heavy atom. The molecule has 0 amide bonds. The zero-order chi connectivity index (χ0) is 14.4. The second-order valence-electron chi connectivity index (χ2n) is 5.62. The van der Waals surface area contributed by atoms with Crippen LogP contribution in [0.4, 0.5) is 0 Å². The fraction of sp³-hybridized carbons (Fsp3) is 0.625. The molecule has 0 saturated carbocycles. The van der Waals surface area contributed by atoms with Gasteiger partial charge >= 0.3 is 0 Å². The molecule has 108 valence electrons. The molecular formula is C16H28N2O. The molecule has 0 spiro atoms. The summed E-state index contributed by atoms with van der Waals surface area (Å²) in [5.74, 6) is 2.06. The maximum atomic E-state index is 5.81. The highest BCUT2D eigenvalue weighted by atomic mass is 16.5. The molecule has 2 unspecified atom stereocenters. The summed E-state index contributed by atoms with van der Waals surface area (Å²) in [4.78, 5) is 0. The molecule has 0 radical (unpaired) electrons. The van der Waals surface area contributed by atoms with E-state index in [9.17, 15) is 0 Å². The summed E-state index contributed by atoms with van der Waals surface area (Å²) >= 11 is 0. The summed E-state index contributed by atoms with van der Waals surface area (Å²) in [6, 6.07) is 6.56. The van der Waals surface area contributed by atoms with Crippen LogP contribution in [0.25, 0.3) is 0 Å². The largest absolute Gasteiger partial charge is 0.496 e. The van der Waals surface area contributed by atoms with Crippen molar-refractivity contribution in [3.05, 3.63) is 29.3 Å². The minimum Gasteiger partial charge on any atom is -0.496 e. The van der Waals surface area contributed by atoms with E-state index in [1.165, 1.54) is 11.1 Å². The van der Waals surface area contributed by atoms with Crippen molar-refractivity contribution in [2.75, 3.05) is 20.2 Å². The van der Waals surface area contributed by atoms with E-state index in [0.717, 1.165) is 18.8 Å². The van der Waals surface area contributed by atoms with E-state index < -0.39 is 0 Å². The van der Waals surface area contributed by atoms with Crippen LogP contribution in [0.5, 0.6) is 5.75 Å². The van der Waals surface area contributed by atoms with Crippen LogP contribution < -0.4 is 15.8 Å². The average molecular weight is 264 g/mol. The predicted molar refractivity (Wildman–Crippen MR) is 81.5 cm³/mol. The van der Waals surface area contributed by atoms with Gasteiger partial charge in [-0.05, 0) is 44.8 Å². The third kappa shape index (κ3) is 4.51. The van der Waals surface area contributed by atoms with Crippen LogP contribution in [0, 0.1) is 18.8 Å². The lowest BCUT2D eigenvalue weighted by atomic mass is 9.95. The van der Waals surface area contributed by atoms with Crippen molar-refractivity contribution in [3.63, 3.8) is 0 Å². The van der Waals surface area contributed by atoms with Crippen LogP contribution in [0.2, 0.25) is 0 Å². The van der Waals surface area contributed by atoms with Crippen molar-refractivity contribution in [2.45, 2.75) is 33.7 Å². The minimum absolute atomic E-state index is 0.266. The van der Waals surface area contributed by atoms with Gasteiger partial charge in [0, 0.05) is 11.6 Å². The maximum absolute atomic E-state index is 5.81. The van der Waals surface area contributed by atoms with Crippen LogP contribution in [-0.2, 0) is 0 Å². The van der Waals surface area contributed by atoms with E-state index in [-0.39, 0.29) is 6.04 Å².